The Morgan fingerprint density at radius 1 is 0.718 bits per heavy atom. The molecule has 2 aliphatic rings. The monoisotopic (exact) mass is 625 g/mol. The van der Waals surface area contributed by atoms with Crippen LogP contribution in [0.15, 0.2) is 36.4 Å². The summed E-state index contributed by atoms with van der Waals surface area (Å²) in [5, 5.41) is 12.2. The zero-order valence-corrected chi connectivity index (χ0v) is 30.8. The van der Waals surface area contributed by atoms with Crippen molar-refractivity contribution in [3.8, 4) is 11.1 Å². The van der Waals surface area contributed by atoms with Crippen molar-refractivity contribution in [2.45, 2.75) is 136 Å². The Hall–Kier alpha value is -0.0357. The fraction of sp³-hybridized carbons (Fsp3) is 0.618. The van der Waals surface area contributed by atoms with Gasteiger partial charge in [-0.15, -0.1) is 0 Å². The quantitative estimate of drug-likeness (QED) is 0.184. The van der Waals surface area contributed by atoms with Gasteiger partial charge in [-0.05, 0) is 62.5 Å². The molecular formula is C34H54Cl2NPTi-2. The Labute approximate surface area is 259 Å². The fourth-order valence-corrected chi connectivity index (χ4v) is 10.7. The molecule has 4 rings (SSSR count). The van der Waals surface area contributed by atoms with E-state index in [2.05, 4.69) is 113 Å². The molecule has 0 radical (unpaired) electrons. The van der Waals surface area contributed by atoms with E-state index in [1.807, 2.05) is 0 Å². The molecule has 0 aliphatic heterocycles. The molecule has 5 heteroatoms. The molecule has 0 atom stereocenters. The molecule has 220 valence electrons. The van der Waals surface area contributed by atoms with E-state index in [-0.39, 0.29) is 34.7 Å². The summed E-state index contributed by atoms with van der Waals surface area (Å²) < 4.78 is 0. The number of nitrogens with zero attached hydrogens (tertiary/aromatic N) is 1. The maximum atomic E-state index is 12.5. The summed E-state index contributed by atoms with van der Waals surface area (Å²) in [4.78, 5) is 0. The Morgan fingerprint density at radius 2 is 1.00 bits per heavy atom. The van der Waals surface area contributed by atoms with E-state index in [9.17, 15) is 5.16 Å². The average Bonchev–Trinajstić information content (AvgIpc) is 3.48. The zero-order valence-electron chi connectivity index (χ0n) is 26.8. The van der Waals surface area contributed by atoms with Crippen LogP contribution < -0.4 is 0 Å². The van der Waals surface area contributed by atoms with E-state index in [4.69, 9.17) is 18.6 Å². The molecule has 0 saturated heterocycles. The molecule has 0 spiro atoms. The summed E-state index contributed by atoms with van der Waals surface area (Å²) in [7, 11) is 7.40. The second kappa shape index (κ2) is 14.4. The maximum absolute atomic E-state index is 12.5. The standard InChI is InChI=1S/C28H41NP.C5H10.CH3.2ClH.Ti/c1-18(2)30(29,19(3)4)28(11)24-16-20(26(5,6)7)12-14-22(24)23-15-13-21(17-25(23)28)27(8,9)10;1-2-4-5-3-1;;;;/h12-19H,1-11H3;1-5H2;1H3;2*1H;/q-1;;-1;;;+2/p-2. The molecule has 39 heavy (non-hydrogen) atoms. The van der Waals surface area contributed by atoms with Crippen LogP contribution in [0.3, 0.4) is 0 Å². The van der Waals surface area contributed by atoms with Crippen molar-refractivity contribution in [2.24, 2.45) is 0 Å². The molecule has 1 fully saturated rings. The van der Waals surface area contributed by atoms with E-state index in [0.717, 1.165) is 0 Å². The van der Waals surface area contributed by atoms with Crippen molar-refractivity contribution in [1.29, 1.82) is 0 Å². The Balaban J connectivity index is 0.000000733. The Kier molecular flexibility index (Phi) is 13.7. The van der Waals surface area contributed by atoms with Crippen molar-refractivity contribution < 1.29 is 17.0 Å². The van der Waals surface area contributed by atoms with Crippen molar-refractivity contribution in [3.63, 3.8) is 0 Å². The molecule has 0 heterocycles. The summed E-state index contributed by atoms with van der Waals surface area (Å²) in [5.41, 5.74) is 8.58. The predicted molar refractivity (Wildman–Crippen MR) is 177 cm³/mol. The topological polar surface area (TPSA) is 22.3 Å². The second-order valence-corrected chi connectivity index (χ2v) is 20.9. The van der Waals surface area contributed by atoms with Crippen LogP contribution in [0.5, 0.6) is 0 Å². The number of fused-ring (bicyclic) bond motifs is 3. The van der Waals surface area contributed by atoms with Crippen LogP contribution in [0.2, 0.25) is 0 Å². The van der Waals surface area contributed by atoms with E-state index < -0.39 is 24.1 Å². The number of hydrogen-bond acceptors (Lipinski definition) is 0. The molecule has 0 bridgehead atoms. The molecule has 2 aliphatic carbocycles. The Bertz CT molecular complexity index is 1040. The van der Waals surface area contributed by atoms with Gasteiger partial charge < -0.3 is 12.6 Å². The number of rotatable bonds is 3. The zero-order chi connectivity index (χ0) is 29.1. The first kappa shape index (κ1) is 37.0. The summed E-state index contributed by atoms with van der Waals surface area (Å²) in [6.07, 6.45) is 7.50. The molecule has 0 unspecified atom stereocenters. The van der Waals surface area contributed by atoms with Gasteiger partial charge in [-0.3, -0.25) is 0 Å². The van der Waals surface area contributed by atoms with Crippen LogP contribution in [0.4, 0.5) is 0 Å². The van der Waals surface area contributed by atoms with Crippen LogP contribution in [0.1, 0.15) is 131 Å². The summed E-state index contributed by atoms with van der Waals surface area (Å²) in [6.45, 7) is 24.9. The van der Waals surface area contributed by atoms with E-state index in [1.54, 1.807) is 0 Å². The van der Waals surface area contributed by atoms with Crippen molar-refractivity contribution in [2.75, 3.05) is 0 Å². The van der Waals surface area contributed by atoms with E-state index >= 15 is 0 Å². The van der Waals surface area contributed by atoms with E-state index in [1.165, 1.54) is 65.5 Å². The third-order valence-corrected chi connectivity index (χ3v) is 13.7. The van der Waals surface area contributed by atoms with Gasteiger partial charge in [-0.2, -0.15) is 0 Å². The van der Waals surface area contributed by atoms with Gasteiger partial charge in [0.1, 0.15) is 0 Å². The van der Waals surface area contributed by atoms with Gasteiger partial charge in [0.05, 0.1) is 0 Å². The molecule has 0 N–H and O–H groups in total. The third-order valence-electron chi connectivity index (χ3n) is 8.65. The second-order valence-electron chi connectivity index (χ2n) is 13.9. The first-order chi connectivity index (χ1) is 17.5. The number of hydrogen-bond donors (Lipinski definition) is 0. The van der Waals surface area contributed by atoms with Gasteiger partial charge in [-0.25, -0.2) is 7.05 Å². The molecule has 2 aromatic carbocycles. The van der Waals surface area contributed by atoms with Crippen LogP contribution in [0.25, 0.3) is 16.3 Å². The van der Waals surface area contributed by atoms with Crippen molar-refractivity contribution in [3.05, 3.63) is 71.2 Å². The molecule has 1 nitrogen and oxygen atoms in total. The van der Waals surface area contributed by atoms with Gasteiger partial charge in [0.15, 0.2) is 0 Å². The normalized spacial score (nSPS) is 15.9. The van der Waals surface area contributed by atoms with Gasteiger partial charge in [0.25, 0.3) is 0 Å². The first-order valence-corrected chi connectivity index (χ1v) is 20.5. The molecule has 2 aromatic rings. The fourth-order valence-electron chi connectivity index (χ4n) is 6.34. The van der Waals surface area contributed by atoms with Gasteiger partial charge in [0.2, 0.25) is 0 Å². The van der Waals surface area contributed by atoms with Crippen LogP contribution >= 0.6 is 25.7 Å². The predicted octanol–water partition coefficient (Wildman–Crippen LogP) is 12.9. The summed E-state index contributed by atoms with van der Waals surface area (Å²) in [5.74, 6) is 0. The number of halogens is 2. The Morgan fingerprint density at radius 3 is 1.23 bits per heavy atom. The van der Waals surface area contributed by atoms with E-state index in [0.29, 0.717) is 0 Å². The third kappa shape index (κ3) is 7.68. The molecule has 0 aromatic heterocycles. The van der Waals surface area contributed by atoms with Gasteiger partial charge in [0, 0.05) is 5.16 Å². The minimum absolute atomic E-state index is 0. The van der Waals surface area contributed by atoms with Crippen molar-refractivity contribution >= 4 is 25.7 Å². The van der Waals surface area contributed by atoms with Gasteiger partial charge in [-0.1, -0.05) is 138 Å². The molecule has 1 saturated carbocycles. The minimum atomic E-state index is -2.38. The molecule has 0 amide bonds. The van der Waals surface area contributed by atoms with Gasteiger partial charge >= 0.3 is 35.6 Å². The first-order valence-electron chi connectivity index (χ1n) is 14.4. The summed E-state index contributed by atoms with van der Waals surface area (Å²) >= 11 is -0.556. The van der Waals surface area contributed by atoms with Crippen LogP contribution in [0, 0.1) is 7.43 Å². The van der Waals surface area contributed by atoms with Crippen LogP contribution in [-0.4, -0.2) is 11.3 Å². The SMILES string of the molecule is C1CCCC1.CC(C)P(=[N-])(C(C)C)C1(C)c2cc(C(C)(C)C)ccc2-c2ccc(C(C)(C)C)cc21.[CH3-].[Cl][Ti][Cl]. The summed E-state index contributed by atoms with van der Waals surface area (Å²) in [6, 6.07) is 14.0. The van der Waals surface area contributed by atoms with Crippen LogP contribution in [-0.2, 0) is 33.0 Å². The number of benzene rings is 2. The average molecular weight is 627 g/mol. The van der Waals surface area contributed by atoms with Crippen molar-refractivity contribution in [1.82, 2.24) is 0 Å². The molecular weight excluding hydrogens is 572 g/mol.